The van der Waals surface area contributed by atoms with Crippen LogP contribution < -0.4 is 0 Å². The molecule has 0 radical (unpaired) electrons. The number of rotatable bonds is 3. The molecular weight excluding hydrogens is 281 g/mol. The number of ether oxygens (including phenoxy) is 1. The van der Waals surface area contributed by atoms with Gasteiger partial charge in [0, 0.05) is 13.1 Å². The van der Waals surface area contributed by atoms with Crippen LogP contribution in [0.2, 0.25) is 0 Å². The Labute approximate surface area is 112 Å². The summed E-state index contributed by atoms with van der Waals surface area (Å²) in [5, 5.41) is -0.0224. The number of hydrogen-bond donors (Lipinski definition) is 1. The molecule has 1 aliphatic heterocycles. The highest BCUT2D eigenvalue weighted by atomic mass is 32.2. The summed E-state index contributed by atoms with van der Waals surface area (Å²) in [4.78, 5) is 5.62. The molecular formula is C11H17F3N2O2S. The minimum Gasteiger partial charge on any atom is -0.434 e. The Balaban J connectivity index is 2.17. The van der Waals surface area contributed by atoms with Crippen molar-refractivity contribution in [3.8, 4) is 0 Å². The molecule has 1 saturated heterocycles. The first-order valence-electron chi connectivity index (χ1n) is 5.92. The zero-order valence-electron chi connectivity index (χ0n) is 10.8. The molecule has 1 aliphatic rings. The molecule has 4 nitrogen and oxygen atoms in total. The molecule has 0 unspecified atom stereocenters. The predicted octanol–water partition coefficient (Wildman–Crippen LogP) is 2.15. The van der Waals surface area contributed by atoms with Crippen LogP contribution in [-0.4, -0.2) is 48.7 Å². The summed E-state index contributed by atoms with van der Waals surface area (Å²) >= 11 is 0. The molecule has 0 spiro atoms. The fourth-order valence-corrected chi connectivity index (χ4v) is 2.75. The number of thiol groups is 1. The van der Waals surface area contributed by atoms with E-state index >= 15 is 0 Å². The van der Waals surface area contributed by atoms with Gasteiger partial charge in [-0.05, 0) is 12.5 Å². The molecule has 1 aromatic heterocycles. The number of halogens is 3. The molecule has 0 aromatic carbocycles. The van der Waals surface area contributed by atoms with Gasteiger partial charge in [-0.3, -0.25) is 4.90 Å². The van der Waals surface area contributed by atoms with E-state index in [1.807, 2.05) is 4.90 Å². The molecule has 2 heterocycles. The highest BCUT2D eigenvalue weighted by Crippen LogP contribution is 2.41. The summed E-state index contributed by atoms with van der Waals surface area (Å²) in [6.45, 7) is 2.86. The largest absolute Gasteiger partial charge is 0.437 e. The van der Waals surface area contributed by atoms with Crippen molar-refractivity contribution in [2.45, 2.75) is 17.8 Å². The smallest absolute Gasteiger partial charge is 0.434 e. The van der Waals surface area contributed by atoms with Crippen molar-refractivity contribution >= 4 is 10.9 Å². The fourth-order valence-electron chi connectivity index (χ4n) is 1.86. The van der Waals surface area contributed by atoms with Gasteiger partial charge in [0.1, 0.15) is 0 Å². The van der Waals surface area contributed by atoms with Gasteiger partial charge in [0.15, 0.2) is 10.8 Å². The van der Waals surface area contributed by atoms with Crippen molar-refractivity contribution < 1.29 is 22.3 Å². The van der Waals surface area contributed by atoms with Crippen LogP contribution in [0.25, 0.3) is 0 Å². The van der Waals surface area contributed by atoms with Gasteiger partial charge in [-0.2, -0.15) is 24.1 Å². The van der Waals surface area contributed by atoms with Gasteiger partial charge < -0.3 is 9.15 Å². The Bertz CT molecular complexity index is 428. The Morgan fingerprint density at radius 2 is 1.89 bits per heavy atom. The molecule has 0 aliphatic carbocycles. The molecule has 19 heavy (non-hydrogen) atoms. The van der Waals surface area contributed by atoms with Crippen LogP contribution in [0.3, 0.4) is 0 Å². The van der Waals surface area contributed by atoms with Crippen molar-refractivity contribution in [3.05, 3.63) is 11.6 Å². The third kappa shape index (κ3) is 3.64. The summed E-state index contributed by atoms with van der Waals surface area (Å²) in [7, 11) is -0.975. The van der Waals surface area contributed by atoms with E-state index in [2.05, 4.69) is 4.98 Å². The van der Waals surface area contributed by atoms with Gasteiger partial charge in [0.2, 0.25) is 5.89 Å². The third-order valence-electron chi connectivity index (χ3n) is 2.79. The van der Waals surface area contributed by atoms with Crippen LogP contribution >= 0.6 is 10.9 Å². The average molecular weight is 298 g/mol. The Hall–Kier alpha value is -0.730. The summed E-state index contributed by atoms with van der Waals surface area (Å²) in [6, 6.07) is 0. The molecule has 110 valence electrons. The first-order chi connectivity index (χ1) is 8.88. The van der Waals surface area contributed by atoms with Crippen LogP contribution in [-0.2, 0) is 17.5 Å². The first kappa shape index (κ1) is 14.7. The highest BCUT2D eigenvalue weighted by molar-refractivity contribution is 8.15. The molecule has 0 N–H and O–H groups in total. The highest BCUT2D eigenvalue weighted by Gasteiger charge is 2.39. The quantitative estimate of drug-likeness (QED) is 0.868. The normalized spacial score (nSPS) is 18.7. The van der Waals surface area contributed by atoms with E-state index in [0.29, 0.717) is 32.8 Å². The Morgan fingerprint density at radius 3 is 2.37 bits per heavy atom. The minimum atomic E-state index is -4.45. The van der Waals surface area contributed by atoms with Crippen molar-refractivity contribution in [2.24, 2.45) is 0 Å². The molecule has 0 saturated carbocycles. The molecule has 1 fully saturated rings. The molecule has 0 atom stereocenters. The summed E-state index contributed by atoms with van der Waals surface area (Å²) < 4.78 is 49.1. The van der Waals surface area contributed by atoms with E-state index in [1.165, 1.54) is 0 Å². The summed E-state index contributed by atoms with van der Waals surface area (Å²) in [6.07, 6.45) is -0.998. The minimum absolute atomic E-state index is 0.0224. The maximum absolute atomic E-state index is 12.9. The van der Waals surface area contributed by atoms with E-state index in [1.54, 1.807) is 12.5 Å². The van der Waals surface area contributed by atoms with E-state index in [-0.39, 0.29) is 11.0 Å². The number of nitrogens with zero attached hydrogens (tertiary/aromatic N) is 2. The van der Waals surface area contributed by atoms with Gasteiger partial charge in [-0.25, -0.2) is 4.98 Å². The number of alkyl halides is 3. The lowest BCUT2D eigenvalue weighted by Crippen LogP contribution is -2.35. The maximum atomic E-state index is 12.9. The van der Waals surface area contributed by atoms with E-state index < -0.39 is 22.8 Å². The maximum Gasteiger partial charge on any atom is 0.437 e. The van der Waals surface area contributed by atoms with E-state index in [0.717, 1.165) is 0 Å². The van der Waals surface area contributed by atoms with E-state index in [4.69, 9.17) is 9.15 Å². The van der Waals surface area contributed by atoms with Gasteiger partial charge in [-0.1, -0.05) is 0 Å². The lowest BCUT2D eigenvalue weighted by molar-refractivity contribution is -0.144. The Morgan fingerprint density at radius 1 is 1.26 bits per heavy atom. The standard InChI is InChI=1S/C11H17F3N2O2S/c1-19(2)10-9(11(12,13)14)15-8(18-10)7-16-3-5-17-6-4-16/h19H,3-7H2,1-2H3. The molecule has 8 heteroatoms. The second-order valence-electron chi connectivity index (χ2n) is 4.54. The zero-order chi connectivity index (χ0) is 14.0. The van der Waals surface area contributed by atoms with Crippen molar-refractivity contribution in [1.82, 2.24) is 9.88 Å². The Kier molecular flexibility index (Phi) is 4.42. The second-order valence-corrected chi connectivity index (χ2v) is 6.74. The van der Waals surface area contributed by atoms with E-state index in [9.17, 15) is 13.2 Å². The molecule has 1 aromatic rings. The van der Waals surface area contributed by atoms with Crippen molar-refractivity contribution in [1.29, 1.82) is 0 Å². The van der Waals surface area contributed by atoms with Gasteiger partial charge >= 0.3 is 6.18 Å². The number of oxazole rings is 1. The van der Waals surface area contributed by atoms with Gasteiger partial charge in [0.05, 0.1) is 19.8 Å². The third-order valence-corrected chi connectivity index (χ3v) is 3.91. The topological polar surface area (TPSA) is 38.5 Å². The van der Waals surface area contributed by atoms with Gasteiger partial charge in [-0.15, -0.1) is 0 Å². The van der Waals surface area contributed by atoms with Crippen LogP contribution in [0.1, 0.15) is 11.6 Å². The fraction of sp³-hybridized carbons (Fsp3) is 0.727. The molecule has 2 rings (SSSR count). The predicted molar refractivity (Wildman–Crippen MR) is 66.7 cm³/mol. The summed E-state index contributed by atoms with van der Waals surface area (Å²) in [5.41, 5.74) is -0.869. The number of morpholine rings is 1. The average Bonchev–Trinajstić information content (AvgIpc) is 2.74. The monoisotopic (exact) mass is 298 g/mol. The van der Waals surface area contributed by atoms with Crippen LogP contribution in [0.15, 0.2) is 9.51 Å². The zero-order valence-corrected chi connectivity index (χ0v) is 11.7. The van der Waals surface area contributed by atoms with Crippen molar-refractivity contribution in [2.75, 3.05) is 38.8 Å². The van der Waals surface area contributed by atoms with Crippen LogP contribution in [0.5, 0.6) is 0 Å². The lowest BCUT2D eigenvalue weighted by Gasteiger charge is -2.24. The first-order valence-corrected chi connectivity index (χ1v) is 8.16. The van der Waals surface area contributed by atoms with Crippen molar-refractivity contribution in [3.63, 3.8) is 0 Å². The number of hydrogen-bond acceptors (Lipinski definition) is 4. The number of aromatic nitrogens is 1. The molecule has 0 bridgehead atoms. The van der Waals surface area contributed by atoms with Crippen LogP contribution in [0.4, 0.5) is 13.2 Å². The SMILES string of the molecule is C[SH](C)c1oc(CN2CCOCC2)nc1C(F)(F)F. The lowest BCUT2D eigenvalue weighted by atomic mass is 10.4. The summed E-state index contributed by atoms with van der Waals surface area (Å²) in [5.74, 6) is 0.139. The second kappa shape index (κ2) is 5.72. The van der Waals surface area contributed by atoms with Gasteiger partial charge in [0.25, 0.3) is 0 Å². The van der Waals surface area contributed by atoms with Crippen LogP contribution in [0, 0.1) is 0 Å². The molecule has 0 amide bonds.